The molecule has 1 fully saturated rings. The van der Waals surface area contributed by atoms with E-state index < -0.39 is 0 Å². The Balaban J connectivity index is 1.30. The third kappa shape index (κ3) is 6.83. The molecule has 9 heteroatoms. The van der Waals surface area contributed by atoms with Crippen molar-refractivity contribution in [2.75, 3.05) is 55.9 Å². The van der Waals surface area contributed by atoms with Gasteiger partial charge in [0, 0.05) is 56.6 Å². The van der Waals surface area contributed by atoms with Gasteiger partial charge in [-0.3, -0.25) is 4.90 Å². The second-order valence-corrected chi connectivity index (χ2v) is 8.33. The van der Waals surface area contributed by atoms with Gasteiger partial charge in [0.05, 0.1) is 26.1 Å². The van der Waals surface area contributed by atoms with Crippen LogP contribution in [0.1, 0.15) is 12.0 Å². The number of methoxy groups -OCH3 is 2. The molecule has 1 aliphatic rings. The highest BCUT2D eigenvalue weighted by atomic mass is 19.1. The first-order valence-corrected chi connectivity index (χ1v) is 11.5. The number of aromatic nitrogens is 1. The van der Waals surface area contributed by atoms with E-state index in [2.05, 4.69) is 25.4 Å². The summed E-state index contributed by atoms with van der Waals surface area (Å²) in [6.07, 6.45) is 2.66. The number of halogens is 1. The first-order valence-electron chi connectivity index (χ1n) is 11.5. The number of anilines is 3. The van der Waals surface area contributed by atoms with Crippen LogP contribution in [0, 0.1) is 5.82 Å². The summed E-state index contributed by atoms with van der Waals surface area (Å²) in [5.41, 5.74) is 2.26. The molecule has 2 N–H and O–H groups in total. The van der Waals surface area contributed by atoms with Gasteiger partial charge in [0.25, 0.3) is 0 Å². The van der Waals surface area contributed by atoms with E-state index in [9.17, 15) is 9.18 Å². The Bertz CT molecular complexity index is 1100. The molecule has 2 amide bonds. The zero-order valence-electron chi connectivity index (χ0n) is 20.0. The first-order chi connectivity index (χ1) is 17.0. The van der Waals surface area contributed by atoms with Crippen LogP contribution in [-0.2, 0) is 6.54 Å². The minimum Gasteiger partial charge on any atom is -0.497 e. The predicted molar refractivity (Wildman–Crippen MR) is 135 cm³/mol. The highest BCUT2D eigenvalue weighted by Gasteiger charge is 2.16. The predicted octanol–water partition coefficient (Wildman–Crippen LogP) is 4.59. The van der Waals surface area contributed by atoms with Crippen molar-refractivity contribution in [2.45, 2.75) is 13.0 Å². The minimum atomic E-state index is -0.388. The summed E-state index contributed by atoms with van der Waals surface area (Å²) in [6.45, 7) is 4.42. The zero-order chi connectivity index (χ0) is 24.6. The third-order valence-electron chi connectivity index (χ3n) is 5.85. The molecule has 4 rings (SSSR count). The Morgan fingerprint density at radius 2 is 1.63 bits per heavy atom. The fourth-order valence-electron chi connectivity index (χ4n) is 4.03. The molecule has 0 unspecified atom stereocenters. The van der Waals surface area contributed by atoms with Crippen molar-refractivity contribution in [1.29, 1.82) is 0 Å². The standard InChI is InChI=1S/C26H30FN5O3/c1-34-23-14-22(15-24(16-23)35-2)30-26(33)29-21-8-9-25(28-17-21)32-11-3-10-31(12-13-32)18-19-4-6-20(27)7-5-19/h4-9,14-17H,3,10-13,18H2,1-2H3,(H2,29,30,33). The number of carbonyl (C=O) groups is 1. The number of pyridine rings is 1. The Kier molecular flexibility index (Phi) is 7.99. The largest absolute Gasteiger partial charge is 0.497 e. The number of hydrogen-bond donors (Lipinski definition) is 2. The average Bonchev–Trinajstić information content (AvgIpc) is 3.11. The minimum absolute atomic E-state index is 0.210. The average molecular weight is 480 g/mol. The number of urea groups is 1. The number of ether oxygens (including phenoxy) is 2. The van der Waals surface area contributed by atoms with E-state index in [1.807, 2.05) is 24.3 Å². The number of amides is 2. The molecule has 1 saturated heterocycles. The van der Waals surface area contributed by atoms with E-state index in [0.717, 1.165) is 50.5 Å². The van der Waals surface area contributed by atoms with Crippen molar-refractivity contribution >= 4 is 23.2 Å². The Labute approximate surface area is 204 Å². The maximum atomic E-state index is 13.2. The smallest absolute Gasteiger partial charge is 0.323 e. The van der Waals surface area contributed by atoms with Crippen molar-refractivity contribution in [3.05, 3.63) is 72.2 Å². The van der Waals surface area contributed by atoms with Crippen LogP contribution in [0.2, 0.25) is 0 Å². The number of hydrogen-bond acceptors (Lipinski definition) is 6. The maximum absolute atomic E-state index is 13.2. The van der Waals surface area contributed by atoms with Crippen molar-refractivity contribution in [2.24, 2.45) is 0 Å². The van der Waals surface area contributed by atoms with Gasteiger partial charge in [0.2, 0.25) is 0 Å². The summed E-state index contributed by atoms with van der Waals surface area (Å²) in [4.78, 5) is 21.6. The normalized spacial score (nSPS) is 14.2. The third-order valence-corrected chi connectivity index (χ3v) is 5.85. The van der Waals surface area contributed by atoms with Gasteiger partial charge in [0.1, 0.15) is 23.1 Å². The van der Waals surface area contributed by atoms with Crippen molar-refractivity contribution in [1.82, 2.24) is 9.88 Å². The number of nitrogens with zero attached hydrogens (tertiary/aromatic N) is 3. The Morgan fingerprint density at radius 1 is 0.914 bits per heavy atom. The topological polar surface area (TPSA) is 79.0 Å². The lowest BCUT2D eigenvalue weighted by molar-refractivity contribution is 0.262. The van der Waals surface area contributed by atoms with Crippen molar-refractivity contribution in [3.8, 4) is 11.5 Å². The van der Waals surface area contributed by atoms with Crippen LogP contribution in [-0.4, -0.2) is 56.3 Å². The molecule has 1 aromatic heterocycles. The summed E-state index contributed by atoms with van der Waals surface area (Å²) >= 11 is 0. The molecular weight excluding hydrogens is 449 g/mol. The van der Waals surface area contributed by atoms with Crippen molar-refractivity contribution < 1.29 is 18.7 Å². The summed E-state index contributed by atoms with van der Waals surface area (Å²) < 4.78 is 23.6. The molecule has 35 heavy (non-hydrogen) atoms. The van der Waals surface area contributed by atoms with Crippen LogP contribution >= 0.6 is 0 Å². The van der Waals surface area contributed by atoms with E-state index in [1.165, 1.54) is 12.1 Å². The van der Waals surface area contributed by atoms with Crippen LogP contribution in [0.4, 0.5) is 26.4 Å². The van der Waals surface area contributed by atoms with Gasteiger partial charge in [-0.25, -0.2) is 14.2 Å². The fourth-order valence-corrected chi connectivity index (χ4v) is 4.03. The van der Waals surface area contributed by atoms with E-state index in [1.54, 1.807) is 38.6 Å². The molecule has 0 bridgehead atoms. The number of nitrogens with one attached hydrogen (secondary N) is 2. The fraction of sp³-hybridized carbons (Fsp3) is 0.308. The lowest BCUT2D eigenvalue weighted by Gasteiger charge is -2.23. The van der Waals surface area contributed by atoms with Crippen LogP contribution in [0.15, 0.2) is 60.8 Å². The van der Waals surface area contributed by atoms with E-state index in [4.69, 9.17) is 9.47 Å². The number of benzene rings is 2. The van der Waals surface area contributed by atoms with Gasteiger partial charge >= 0.3 is 6.03 Å². The monoisotopic (exact) mass is 479 g/mol. The molecule has 184 valence electrons. The first kappa shape index (κ1) is 24.3. The molecule has 0 aliphatic carbocycles. The van der Waals surface area contributed by atoms with Gasteiger partial charge in [-0.15, -0.1) is 0 Å². The summed E-state index contributed by atoms with van der Waals surface area (Å²) in [6, 6.07) is 15.2. The second kappa shape index (κ2) is 11.5. The van der Waals surface area contributed by atoms with Crippen LogP contribution in [0.25, 0.3) is 0 Å². The molecule has 0 radical (unpaired) electrons. The summed E-state index contributed by atoms with van der Waals surface area (Å²) in [7, 11) is 3.11. The van der Waals surface area contributed by atoms with Gasteiger partial charge in [-0.2, -0.15) is 0 Å². The quantitative estimate of drug-likeness (QED) is 0.516. The highest BCUT2D eigenvalue weighted by Crippen LogP contribution is 2.26. The van der Waals surface area contributed by atoms with Crippen LogP contribution < -0.4 is 25.0 Å². The summed E-state index contributed by atoms with van der Waals surface area (Å²) in [5, 5.41) is 5.58. The molecule has 2 heterocycles. The molecule has 2 aromatic carbocycles. The second-order valence-electron chi connectivity index (χ2n) is 8.33. The van der Waals surface area contributed by atoms with E-state index in [-0.39, 0.29) is 11.8 Å². The van der Waals surface area contributed by atoms with E-state index in [0.29, 0.717) is 22.9 Å². The molecule has 8 nitrogen and oxygen atoms in total. The van der Waals surface area contributed by atoms with Crippen molar-refractivity contribution in [3.63, 3.8) is 0 Å². The van der Waals surface area contributed by atoms with Crippen LogP contribution in [0.5, 0.6) is 11.5 Å². The molecular formula is C26H30FN5O3. The number of carbonyl (C=O) groups excluding carboxylic acids is 1. The maximum Gasteiger partial charge on any atom is 0.323 e. The Morgan fingerprint density at radius 3 is 2.29 bits per heavy atom. The van der Waals surface area contributed by atoms with Gasteiger partial charge in [-0.1, -0.05) is 12.1 Å². The zero-order valence-corrected chi connectivity index (χ0v) is 20.0. The van der Waals surface area contributed by atoms with Crippen LogP contribution in [0.3, 0.4) is 0 Å². The summed E-state index contributed by atoms with van der Waals surface area (Å²) in [5.74, 6) is 1.83. The highest BCUT2D eigenvalue weighted by molar-refractivity contribution is 5.99. The number of rotatable bonds is 7. The van der Waals surface area contributed by atoms with Gasteiger partial charge < -0.3 is 25.0 Å². The molecule has 0 spiro atoms. The molecule has 3 aromatic rings. The van der Waals surface area contributed by atoms with E-state index >= 15 is 0 Å². The van der Waals surface area contributed by atoms with Gasteiger partial charge in [0.15, 0.2) is 0 Å². The Hall–Kier alpha value is -3.85. The lowest BCUT2D eigenvalue weighted by atomic mass is 10.2. The molecule has 1 aliphatic heterocycles. The molecule has 0 saturated carbocycles. The lowest BCUT2D eigenvalue weighted by Crippen LogP contribution is -2.31. The van der Waals surface area contributed by atoms with Gasteiger partial charge in [-0.05, 0) is 36.2 Å². The molecule has 0 atom stereocenters. The SMILES string of the molecule is COc1cc(NC(=O)Nc2ccc(N3CCCN(Cc4ccc(F)cc4)CC3)nc2)cc(OC)c1.